The zero-order valence-electron chi connectivity index (χ0n) is 12.6. The highest BCUT2D eigenvalue weighted by Crippen LogP contribution is 2.27. The van der Waals surface area contributed by atoms with Crippen molar-refractivity contribution in [1.29, 1.82) is 0 Å². The molecule has 2 heteroatoms. The Morgan fingerprint density at radius 3 is 2.89 bits per heavy atom. The number of rotatable bonds is 5. The molecule has 0 aliphatic carbocycles. The number of benzene rings is 1. The molecule has 1 unspecified atom stereocenters. The van der Waals surface area contributed by atoms with Crippen molar-refractivity contribution < 1.29 is 0 Å². The zero-order chi connectivity index (χ0) is 13.7. The molecule has 1 atom stereocenters. The predicted octanol–water partition coefficient (Wildman–Crippen LogP) is 3.92. The summed E-state index contributed by atoms with van der Waals surface area (Å²) in [7, 11) is 0. The molecule has 2 nitrogen and oxygen atoms in total. The van der Waals surface area contributed by atoms with E-state index in [9.17, 15) is 0 Å². The highest BCUT2D eigenvalue weighted by Gasteiger charge is 2.13. The van der Waals surface area contributed by atoms with Crippen LogP contribution in [0.25, 0.3) is 0 Å². The fraction of sp³-hybridized carbons (Fsp3) is 0.647. The molecule has 0 aromatic heterocycles. The third-order valence-electron chi connectivity index (χ3n) is 4.18. The molecular weight excluding hydrogens is 232 g/mol. The van der Waals surface area contributed by atoms with Crippen LogP contribution in [-0.4, -0.2) is 19.6 Å². The Bertz CT molecular complexity index is 392. The van der Waals surface area contributed by atoms with Crippen molar-refractivity contribution in [2.45, 2.75) is 46.0 Å². The lowest BCUT2D eigenvalue weighted by molar-refractivity contribution is 0.364. The van der Waals surface area contributed by atoms with Gasteiger partial charge in [0.1, 0.15) is 0 Å². The SMILES string of the molecule is Cc1cccc(C(C)C)c1NCCC1CCCNC1. The van der Waals surface area contributed by atoms with E-state index < -0.39 is 0 Å². The molecule has 0 spiro atoms. The van der Waals surface area contributed by atoms with Crippen LogP contribution in [0.5, 0.6) is 0 Å². The van der Waals surface area contributed by atoms with Crippen molar-refractivity contribution in [3.05, 3.63) is 29.3 Å². The number of nitrogens with one attached hydrogen (secondary N) is 2. The average Bonchev–Trinajstić information content (AvgIpc) is 2.41. The third kappa shape index (κ3) is 3.97. The zero-order valence-corrected chi connectivity index (χ0v) is 12.6. The summed E-state index contributed by atoms with van der Waals surface area (Å²) in [5.74, 6) is 1.44. The van der Waals surface area contributed by atoms with Crippen LogP contribution in [0.3, 0.4) is 0 Å². The maximum atomic E-state index is 3.68. The fourth-order valence-corrected chi connectivity index (χ4v) is 2.98. The first-order valence-electron chi connectivity index (χ1n) is 7.72. The first kappa shape index (κ1) is 14.4. The van der Waals surface area contributed by atoms with Gasteiger partial charge in [0.25, 0.3) is 0 Å². The standard InChI is InChI=1S/C17H28N2/c1-13(2)16-8-4-6-14(3)17(16)19-11-9-15-7-5-10-18-12-15/h4,6,8,13,15,18-19H,5,7,9-12H2,1-3H3. The maximum Gasteiger partial charge on any atom is 0.0405 e. The molecular formula is C17H28N2. The third-order valence-corrected chi connectivity index (χ3v) is 4.18. The lowest BCUT2D eigenvalue weighted by atomic mass is 9.95. The molecule has 19 heavy (non-hydrogen) atoms. The van der Waals surface area contributed by atoms with Crippen LogP contribution in [0.15, 0.2) is 18.2 Å². The number of piperidine rings is 1. The number of hydrogen-bond donors (Lipinski definition) is 2. The maximum absolute atomic E-state index is 3.68. The normalized spacial score (nSPS) is 19.7. The molecule has 2 N–H and O–H groups in total. The van der Waals surface area contributed by atoms with E-state index in [0.29, 0.717) is 5.92 Å². The molecule has 1 saturated heterocycles. The van der Waals surface area contributed by atoms with Crippen molar-refractivity contribution in [3.8, 4) is 0 Å². The van der Waals surface area contributed by atoms with Crippen LogP contribution in [0, 0.1) is 12.8 Å². The molecule has 1 aliphatic rings. The fourth-order valence-electron chi connectivity index (χ4n) is 2.98. The molecule has 0 amide bonds. The van der Waals surface area contributed by atoms with Crippen LogP contribution in [0.1, 0.15) is 50.2 Å². The van der Waals surface area contributed by atoms with Gasteiger partial charge in [-0.3, -0.25) is 0 Å². The van der Waals surface area contributed by atoms with Crippen LogP contribution in [-0.2, 0) is 0 Å². The first-order chi connectivity index (χ1) is 9.18. The second-order valence-electron chi connectivity index (χ2n) is 6.12. The summed E-state index contributed by atoms with van der Waals surface area (Å²) in [6.07, 6.45) is 4.00. The van der Waals surface area contributed by atoms with Gasteiger partial charge in [0, 0.05) is 12.2 Å². The van der Waals surface area contributed by atoms with Crippen LogP contribution in [0.4, 0.5) is 5.69 Å². The summed E-state index contributed by atoms with van der Waals surface area (Å²) < 4.78 is 0. The van der Waals surface area contributed by atoms with E-state index in [1.165, 1.54) is 49.2 Å². The summed E-state index contributed by atoms with van der Waals surface area (Å²) in [4.78, 5) is 0. The monoisotopic (exact) mass is 260 g/mol. The summed E-state index contributed by atoms with van der Waals surface area (Å²) in [5.41, 5.74) is 4.18. The second kappa shape index (κ2) is 6.95. The summed E-state index contributed by atoms with van der Waals surface area (Å²) in [6.45, 7) is 10.2. The van der Waals surface area contributed by atoms with Gasteiger partial charge in [0.2, 0.25) is 0 Å². The van der Waals surface area contributed by atoms with Gasteiger partial charge < -0.3 is 10.6 Å². The van der Waals surface area contributed by atoms with Gasteiger partial charge in [0.15, 0.2) is 0 Å². The van der Waals surface area contributed by atoms with E-state index >= 15 is 0 Å². The summed E-state index contributed by atoms with van der Waals surface area (Å²) >= 11 is 0. The largest absolute Gasteiger partial charge is 0.385 e. The van der Waals surface area contributed by atoms with Crippen LogP contribution >= 0.6 is 0 Å². The van der Waals surface area contributed by atoms with Gasteiger partial charge in [-0.25, -0.2) is 0 Å². The van der Waals surface area contributed by atoms with Crippen molar-refractivity contribution in [1.82, 2.24) is 5.32 Å². The minimum atomic E-state index is 0.582. The number of anilines is 1. The molecule has 1 fully saturated rings. The van der Waals surface area contributed by atoms with Gasteiger partial charge in [-0.2, -0.15) is 0 Å². The molecule has 0 saturated carbocycles. The van der Waals surface area contributed by atoms with E-state index in [2.05, 4.69) is 49.6 Å². The summed E-state index contributed by atoms with van der Waals surface area (Å²) in [6, 6.07) is 6.62. The van der Waals surface area contributed by atoms with Gasteiger partial charge in [-0.05, 0) is 62.2 Å². The Kier molecular flexibility index (Phi) is 5.26. The Morgan fingerprint density at radius 1 is 1.37 bits per heavy atom. The van der Waals surface area contributed by atoms with Crippen LogP contribution in [0.2, 0.25) is 0 Å². The Hall–Kier alpha value is -1.02. The van der Waals surface area contributed by atoms with Crippen LogP contribution < -0.4 is 10.6 Å². The lowest BCUT2D eigenvalue weighted by Gasteiger charge is -2.24. The van der Waals surface area contributed by atoms with Crippen molar-refractivity contribution in [3.63, 3.8) is 0 Å². The van der Waals surface area contributed by atoms with Gasteiger partial charge in [-0.15, -0.1) is 0 Å². The Morgan fingerprint density at radius 2 is 2.21 bits per heavy atom. The van der Waals surface area contributed by atoms with Crippen molar-refractivity contribution in [2.75, 3.05) is 25.0 Å². The topological polar surface area (TPSA) is 24.1 Å². The quantitative estimate of drug-likeness (QED) is 0.838. The van der Waals surface area contributed by atoms with E-state index in [4.69, 9.17) is 0 Å². The highest BCUT2D eigenvalue weighted by atomic mass is 14.9. The van der Waals surface area contributed by atoms with Crippen molar-refractivity contribution >= 4 is 5.69 Å². The number of aryl methyl sites for hydroxylation is 1. The number of para-hydroxylation sites is 1. The van der Waals surface area contributed by atoms with E-state index in [1.807, 2.05) is 0 Å². The molecule has 0 bridgehead atoms. The van der Waals surface area contributed by atoms with E-state index in [0.717, 1.165) is 12.5 Å². The Labute approximate surface area is 118 Å². The minimum absolute atomic E-state index is 0.582. The van der Waals surface area contributed by atoms with E-state index in [-0.39, 0.29) is 0 Å². The second-order valence-corrected chi connectivity index (χ2v) is 6.12. The smallest absolute Gasteiger partial charge is 0.0405 e. The molecule has 1 aromatic carbocycles. The molecule has 1 heterocycles. The van der Waals surface area contributed by atoms with Gasteiger partial charge in [-0.1, -0.05) is 32.0 Å². The van der Waals surface area contributed by atoms with Gasteiger partial charge in [0.05, 0.1) is 0 Å². The Balaban J connectivity index is 1.91. The average molecular weight is 260 g/mol. The predicted molar refractivity (Wildman–Crippen MR) is 84.0 cm³/mol. The highest BCUT2D eigenvalue weighted by molar-refractivity contribution is 5.58. The molecule has 1 aromatic rings. The molecule has 2 rings (SSSR count). The lowest BCUT2D eigenvalue weighted by Crippen LogP contribution is -2.30. The van der Waals surface area contributed by atoms with Crippen molar-refractivity contribution in [2.24, 2.45) is 5.92 Å². The number of hydrogen-bond acceptors (Lipinski definition) is 2. The first-order valence-corrected chi connectivity index (χ1v) is 7.72. The molecule has 1 aliphatic heterocycles. The van der Waals surface area contributed by atoms with E-state index in [1.54, 1.807) is 0 Å². The molecule has 0 radical (unpaired) electrons. The minimum Gasteiger partial charge on any atom is -0.385 e. The summed E-state index contributed by atoms with van der Waals surface area (Å²) in [5, 5.41) is 7.18. The molecule has 106 valence electrons. The van der Waals surface area contributed by atoms with Gasteiger partial charge >= 0.3 is 0 Å².